The second-order valence-electron chi connectivity index (χ2n) is 9.12. The van der Waals surface area contributed by atoms with E-state index in [2.05, 4.69) is 0 Å². The molecule has 3 aromatic carbocycles. The summed E-state index contributed by atoms with van der Waals surface area (Å²) in [4.78, 5) is 12.8. The molecule has 1 aromatic heterocycles. The Morgan fingerprint density at radius 2 is 1.66 bits per heavy atom. The lowest BCUT2D eigenvalue weighted by Crippen LogP contribution is -2.47. The standard InChI is InChI=1S/C28H27ClN2O8S2/c1-2-37-28(32)26-27(41(35,36)30-15-16-38-22(18-30)19-39-21-9-5-3-6-10-21)24-17-20(29)13-14-25(24)31(26)40(33,34)23-11-7-4-8-12-23/h3-14,17,22H,2,15-16,18-19H2,1H3/t22-/m0/s1. The molecule has 0 amide bonds. The van der Waals surface area contributed by atoms with Crippen LogP contribution in [0.25, 0.3) is 10.9 Å². The lowest BCUT2D eigenvalue weighted by molar-refractivity contribution is -0.0249. The number of benzene rings is 3. The molecule has 1 fully saturated rings. The summed E-state index contributed by atoms with van der Waals surface area (Å²) in [5, 5.41) is 0.137. The zero-order chi connectivity index (χ0) is 29.2. The van der Waals surface area contributed by atoms with Gasteiger partial charge in [0.2, 0.25) is 10.0 Å². The molecule has 1 saturated heterocycles. The van der Waals surface area contributed by atoms with Gasteiger partial charge in [0.25, 0.3) is 10.0 Å². The highest BCUT2D eigenvalue weighted by Crippen LogP contribution is 2.37. The van der Waals surface area contributed by atoms with Crippen LogP contribution >= 0.6 is 11.6 Å². The van der Waals surface area contributed by atoms with Crippen molar-refractivity contribution in [2.75, 3.05) is 32.9 Å². The van der Waals surface area contributed by atoms with Gasteiger partial charge in [0, 0.05) is 23.5 Å². The minimum Gasteiger partial charge on any atom is -0.491 e. The summed E-state index contributed by atoms with van der Waals surface area (Å²) >= 11 is 6.26. The van der Waals surface area contributed by atoms with Crippen molar-refractivity contribution in [3.05, 3.63) is 89.6 Å². The molecule has 0 unspecified atom stereocenters. The lowest BCUT2D eigenvalue weighted by Gasteiger charge is -2.32. The molecule has 0 radical (unpaired) electrons. The number of hydrogen-bond acceptors (Lipinski definition) is 8. The fourth-order valence-corrected chi connectivity index (χ4v) is 8.20. The van der Waals surface area contributed by atoms with Crippen LogP contribution in [0.1, 0.15) is 17.4 Å². The number of esters is 1. The van der Waals surface area contributed by atoms with Gasteiger partial charge in [-0.2, -0.15) is 4.31 Å². The number of fused-ring (bicyclic) bond motifs is 1. The fourth-order valence-electron chi connectivity index (χ4n) is 4.64. The first-order valence-corrected chi connectivity index (χ1v) is 16.0. The normalized spacial score (nSPS) is 16.5. The number of sulfonamides is 1. The zero-order valence-corrected chi connectivity index (χ0v) is 24.4. The third-order valence-electron chi connectivity index (χ3n) is 6.47. The summed E-state index contributed by atoms with van der Waals surface area (Å²) in [6, 6.07) is 20.6. The molecule has 216 valence electrons. The first-order valence-electron chi connectivity index (χ1n) is 12.8. The number of rotatable bonds is 9. The van der Waals surface area contributed by atoms with Gasteiger partial charge in [0.05, 0.1) is 23.6 Å². The number of ether oxygens (including phenoxy) is 3. The Hall–Kier alpha value is -3.42. The van der Waals surface area contributed by atoms with Crippen LogP contribution in [0.15, 0.2) is 88.7 Å². The van der Waals surface area contributed by atoms with Crippen molar-refractivity contribution in [3.63, 3.8) is 0 Å². The van der Waals surface area contributed by atoms with E-state index in [1.54, 1.807) is 25.1 Å². The van der Waals surface area contributed by atoms with E-state index < -0.39 is 42.7 Å². The Labute approximate surface area is 243 Å². The minimum absolute atomic E-state index is 0.0227. The molecule has 0 bridgehead atoms. The fraction of sp³-hybridized carbons (Fsp3) is 0.250. The van der Waals surface area contributed by atoms with Crippen LogP contribution < -0.4 is 4.74 Å². The monoisotopic (exact) mass is 618 g/mol. The number of carbonyl (C=O) groups excluding carboxylic acids is 1. The minimum atomic E-state index is -4.48. The number of hydrogen-bond donors (Lipinski definition) is 0. The molecule has 10 nitrogen and oxygen atoms in total. The SMILES string of the molecule is CCOC(=O)c1c(S(=O)(=O)N2CCO[C@H](COc3ccccc3)C2)c2cc(Cl)ccc2n1S(=O)(=O)c1ccccc1. The van der Waals surface area contributed by atoms with E-state index in [1.165, 1.54) is 42.5 Å². The van der Waals surface area contributed by atoms with Gasteiger partial charge in [-0.15, -0.1) is 0 Å². The van der Waals surface area contributed by atoms with Gasteiger partial charge in [-0.05, 0) is 49.4 Å². The number of morpholine rings is 1. The van der Waals surface area contributed by atoms with Gasteiger partial charge in [-0.1, -0.05) is 48.0 Å². The number of para-hydroxylation sites is 1. The summed E-state index contributed by atoms with van der Waals surface area (Å²) in [7, 11) is -8.93. The molecule has 1 aliphatic heterocycles. The van der Waals surface area contributed by atoms with Crippen LogP contribution in [0.5, 0.6) is 5.75 Å². The van der Waals surface area contributed by atoms with E-state index in [0.717, 1.165) is 8.28 Å². The van der Waals surface area contributed by atoms with E-state index >= 15 is 0 Å². The average molecular weight is 619 g/mol. The van der Waals surface area contributed by atoms with E-state index in [1.807, 2.05) is 18.2 Å². The van der Waals surface area contributed by atoms with Gasteiger partial charge in [-0.25, -0.2) is 25.6 Å². The summed E-state index contributed by atoms with van der Waals surface area (Å²) < 4.78 is 75.1. The Morgan fingerprint density at radius 1 is 0.976 bits per heavy atom. The molecule has 0 aliphatic carbocycles. The molecule has 13 heteroatoms. The first kappa shape index (κ1) is 29.1. The van der Waals surface area contributed by atoms with Gasteiger partial charge >= 0.3 is 5.97 Å². The van der Waals surface area contributed by atoms with Crippen molar-refractivity contribution >= 4 is 48.5 Å². The van der Waals surface area contributed by atoms with Crippen molar-refractivity contribution in [1.82, 2.24) is 8.28 Å². The Bertz CT molecular complexity index is 1780. The maximum Gasteiger partial charge on any atom is 0.357 e. The van der Waals surface area contributed by atoms with E-state index in [9.17, 15) is 21.6 Å². The molecule has 5 rings (SSSR count). The summed E-state index contributed by atoms with van der Waals surface area (Å²) in [5.74, 6) is -0.500. The quantitative estimate of drug-likeness (QED) is 0.256. The van der Waals surface area contributed by atoms with Crippen molar-refractivity contribution in [1.29, 1.82) is 0 Å². The zero-order valence-electron chi connectivity index (χ0n) is 22.0. The van der Waals surface area contributed by atoms with Crippen LogP contribution in [0.3, 0.4) is 0 Å². The molecule has 4 aromatic rings. The predicted octanol–water partition coefficient (Wildman–Crippen LogP) is 4.18. The second kappa shape index (κ2) is 11.8. The molecule has 2 heterocycles. The number of nitrogens with zero attached hydrogens (tertiary/aromatic N) is 2. The molecular formula is C28H27ClN2O8S2. The highest BCUT2D eigenvalue weighted by atomic mass is 35.5. The maximum absolute atomic E-state index is 14.3. The van der Waals surface area contributed by atoms with Crippen LogP contribution in [0.2, 0.25) is 5.02 Å². The van der Waals surface area contributed by atoms with Crippen LogP contribution in [-0.4, -0.2) is 70.1 Å². The molecule has 41 heavy (non-hydrogen) atoms. The van der Waals surface area contributed by atoms with Crippen molar-refractivity contribution in [2.24, 2.45) is 0 Å². The highest BCUT2D eigenvalue weighted by Gasteiger charge is 2.41. The van der Waals surface area contributed by atoms with E-state index in [4.69, 9.17) is 25.8 Å². The highest BCUT2D eigenvalue weighted by molar-refractivity contribution is 7.91. The first-order chi connectivity index (χ1) is 19.6. The van der Waals surface area contributed by atoms with E-state index in [-0.39, 0.29) is 53.7 Å². The van der Waals surface area contributed by atoms with E-state index in [0.29, 0.717) is 5.75 Å². The second-order valence-corrected chi connectivity index (χ2v) is 13.2. The van der Waals surface area contributed by atoms with Gasteiger partial charge in [0.1, 0.15) is 23.4 Å². The number of aromatic nitrogens is 1. The molecular weight excluding hydrogens is 592 g/mol. The van der Waals surface area contributed by atoms with Crippen molar-refractivity contribution < 1.29 is 35.8 Å². The van der Waals surface area contributed by atoms with Crippen molar-refractivity contribution in [2.45, 2.75) is 22.8 Å². The van der Waals surface area contributed by atoms with Crippen LogP contribution in [0, 0.1) is 0 Å². The maximum atomic E-state index is 14.3. The van der Waals surface area contributed by atoms with Crippen LogP contribution in [0.4, 0.5) is 0 Å². The lowest BCUT2D eigenvalue weighted by atomic mass is 10.2. The smallest absolute Gasteiger partial charge is 0.357 e. The molecule has 0 N–H and O–H groups in total. The summed E-state index contributed by atoms with van der Waals surface area (Å²) in [6.45, 7) is 1.47. The Morgan fingerprint density at radius 3 is 2.34 bits per heavy atom. The molecule has 1 atom stereocenters. The predicted molar refractivity (Wildman–Crippen MR) is 152 cm³/mol. The topological polar surface area (TPSA) is 121 Å². The molecule has 1 aliphatic rings. The third-order valence-corrected chi connectivity index (χ3v) is 10.4. The Kier molecular flexibility index (Phi) is 8.39. The molecule has 0 saturated carbocycles. The Balaban J connectivity index is 1.64. The van der Waals surface area contributed by atoms with Gasteiger partial charge in [0.15, 0.2) is 5.69 Å². The average Bonchev–Trinajstić information content (AvgIpc) is 3.33. The van der Waals surface area contributed by atoms with Gasteiger partial charge in [-0.3, -0.25) is 0 Å². The molecule has 0 spiro atoms. The largest absolute Gasteiger partial charge is 0.491 e. The number of carbonyl (C=O) groups is 1. The number of halogens is 1. The van der Waals surface area contributed by atoms with Gasteiger partial charge < -0.3 is 14.2 Å². The van der Waals surface area contributed by atoms with Crippen molar-refractivity contribution in [3.8, 4) is 5.75 Å². The summed E-state index contributed by atoms with van der Waals surface area (Å²) in [6.07, 6.45) is -0.616. The van der Waals surface area contributed by atoms with Crippen LogP contribution in [-0.2, 0) is 29.5 Å². The summed E-state index contributed by atoms with van der Waals surface area (Å²) in [5.41, 5.74) is -0.659. The third kappa shape index (κ3) is 5.70.